The zero-order valence-electron chi connectivity index (χ0n) is 11.1. The molecule has 1 atom stereocenters. The summed E-state index contributed by atoms with van der Waals surface area (Å²) < 4.78 is 18.6. The Morgan fingerprint density at radius 2 is 2.21 bits per heavy atom. The number of methoxy groups -OCH3 is 1. The van der Waals surface area contributed by atoms with Crippen molar-refractivity contribution in [2.24, 2.45) is 11.1 Å². The van der Waals surface area contributed by atoms with Gasteiger partial charge < -0.3 is 15.8 Å². The lowest BCUT2D eigenvalue weighted by molar-refractivity contribution is -0.121. The molecule has 0 aromatic heterocycles. The molecule has 0 aliphatic rings. The van der Waals surface area contributed by atoms with Crippen molar-refractivity contribution in [3.05, 3.63) is 24.0 Å². The predicted octanol–water partition coefficient (Wildman–Crippen LogP) is 2.48. The van der Waals surface area contributed by atoms with Gasteiger partial charge in [-0.15, -0.1) is 0 Å². The van der Waals surface area contributed by atoms with E-state index in [1.54, 1.807) is 13.8 Å². The second-order valence-corrected chi connectivity index (χ2v) is 4.79. The highest BCUT2D eigenvalue weighted by Gasteiger charge is 2.35. The molecule has 0 radical (unpaired) electrons. The van der Waals surface area contributed by atoms with Crippen LogP contribution in [0.25, 0.3) is 0 Å². The van der Waals surface area contributed by atoms with Crippen LogP contribution in [0.2, 0.25) is 0 Å². The van der Waals surface area contributed by atoms with Gasteiger partial charge in [0.1, 0.15) is 11.6 Å². The Morgan fingerprint density at radius 3 is 2.68 bits per heavy atom. The molecule has 0 bridgehead atoms. The monoisotopic (exact) mass is 284 g/mol. The number of ether oxygens (including phenoxy) is 1. The Labute approximate surface area is 117 Å². The van der Waals surface area contributed by atoms with E-state index in [-0.39, 0.29) is 10.7 Å². The van der Waals surface area contributed by atoms with Crippen molar-refractivity contribution in [2.45, 2.75) is 20.3 Å². The molecule has 0 saturated carbocycles. The fourth-order valence-electron chi connectivity index (χ4n) is 1.43. The number of carbonyl (C=O) groups excluding carboxylic acids is 1. The fourth-order valence-corrected chi connectivity index (χ4v) is 1.67. The first-order chi connectivity index (χ1) is 8.85. The van der Waals surface area contributed by atoms with Gasteiger partial charge in [0.25, 0.3) is 0 Å². The number of amides is 1. The van der Waals surface area contributed by atoms with Crippen LogP contribution in [0.4, 0.5) is 10.1 Å². The van der Waals surface area contributed by atoms with Crippen molar-refractivity contribution in [3.63, 3.8) is 0 Å². The van der Waals surface area contributed by atoms with Crippen molar-refractivity contribution >= 4 is 28.8 Å². The number of nitrogens with two attached hydrogens (primary N) is 1. The summed E-state index contributed by atoms with van der Waals surface area (Å²) in [5.74, 6) is -0.532. The number of hydrogen-bond acceptors (Lipinski definition) is 3. The summed E-state index contributed by atoms with van der Waals surface area (Å²) in [6.07, 6.45) is 0.430. The van der Waals surface area contributed by atoms with Gasteiger partial charge in [-0.2, -0.15) is 0 Å². The highest BCUT2D eigenvalue weighted by atomic mass is 32.1. The maximum Gasteiger partial charge on any atom is 0.237 e. The number of hydrogen-bond donors (Lipinski definition) is 2. The molecule has 1 rings (SSSR count). The summed E-state index contributed by atoms with van der Waals surface area (Å²) in [5.41, 5.74) is 4.62. The van der Waals surface area contributed by atoms with Gasteiger partial charge in [0.05, 0.1) is 23.2 Å². The van der Waals surface area contributed by atoms with E-state index in [4.69, 9.17) is 22.7 Å². The molecule has 0 heterocycles. The van der Waals surface area contributed by atoms with Gasteiger partial charge in [0.15, 0.2) is 0 Å². The minimum atomic E-state index is -1.01. The highest BCUT2D eigenvalue weighted by Crippen LogP contribution is 2.27. The maximum atomic E-state index is 13.6. The summed E-state index contributed by atoms with van der Waals surface area (Å²) in [6, 6.07) is 4.10. The molecule has 0 spiro atoms. The topological polar surface area (TPSA) is 64.3 Å². The Kier molecular flexibility index (Phi) is 4.83. The lowest BCUT2D eigenvalue weighted by Gasteiger charge is -2.25. The molecule has 0 aliphatic carbocycles. The molecule has 4 nitrogen and oxygen atoms in total. The molecule has 0 saturated heterocycles. The quantitative estimate of drug-likeness (QED) is 0.815. The number of nitrogens with one attached hydrogen (secondary N) is 1. The molecule has 19 heavy (non-hydrogen) atoms. The van der Waals surface area contributed by atoms with E-state index in [0.717, 1.165) is 0 Å². The molecule has 0 fully saturated rings. The second kappa shape index (κ2) is 5.97. The highest BCUT2D eigenvalue weighted by molar-refractivity contribution is 7.80. The first kappa shape index (κ1) is 15.4. The average Bonchev–Trinajstić information content (AvgIpc) is 2.39. The number of carbonyl (C=O) groups is 1. The van der Waals surface area contributed by atoms with Crippen molar-refractivity contribution < 1.29 is 13.9 Å². The fraction of sp³-hybridized carbons (Fsp3) is 0.385. The summed E-state index contributed by atoms with van der Waals surface area (Å²) in [6.45, 7) is 3.42. The minimum Gasteiger partial charge on any atom is -0.497 e. The average molecular weight is 284 g/mol. The molecule has 6 heteroatoms. The van der Waals surface area contributed by atoms with E-state index in [1.165, 1.54) is 25.3 Å². The first-order valence-corrected chi connectivity index (χ1v) is 6.21. The van der Waals surface area contributed by atoms with E-state index >= 15 is 0 Å². The Bertz CT molecular complexity index is 507. The third kappa shape index (κ3) is 3.20. The number of benzene rings is 1. The van der Waals surface area contributed by atoms with Crippen LogP contribution in [0.15, 0.2) is 18.2 Å². The Morgan fingerprint density at radius 1 is 1.58 bits per heavy atom. The molecule has 1 amide bonds. The van der Waals surface area contributed by atoms with Gasteiger partial charge in [-0.1, -0.05) is 19.1 Å². The Hall–Kier alpha value is -1.69. The summed E-state index contributed by atoms with van der Waals surface area (Å²) in [4.78, 5) is 12.3. The van der Waals surface area contributed by atoms with Crippen LogP contribution in [0, 0.1) is 11.2 Å². The van der Waals surface area contributed by atoms with Gasteiger partial charge in [0, 0.05) is 6.07 Å². The van der Waals surface area contributed by atoms with Gasteiger partial charge in [-0.05, 0) is 25.5 Å². The van der Waals surface area contributed by atoms with E-state index in [2.05, 4.69) is 5.32 Å². The molecular weight excluding hydrogens is 267 g/mol. The molecule has 3 N–H and O–H groups in total. The zero-order valence-corrected chi connectivity index (χ0v) is 11.9. The molecule has 0 aliphatic heterocycles. The summed E-state index contributed by atoms with van der Waals surface area (Å²) in [7, 11) is 1.46. The number of rotatable bonds is 5. The van der Waals surface area contributed by atoms with E-state index in [9.17, 15) is 9.18 Å². The van der Waals surface area contributed by atoms with Gasteiger partial charge in [0.2, 0.25) is 5.91 Å². The van der Waals surface area contributed by atoms with Gasteiger partial charge in [-0.25, -0.2) is 4.39 Å². The molecule has 1 unspecified atom stereocenters. The van der Waals surface area contributed by atoms with Crippen LogP contribution < -0.4 is 15.8 Å². The van der Waals surface area contributed by atoms with Crippen LogP contribution in [-0.4, -0.2) is 18.0 Å². The van der Waals surface area contributed by atoms with Crippen molar-refractivity contribution in [3.8, 4) is 5.75 Å². The van der Waals surface area contributed by atoms with Crippen LogP contribution in [0.1, 0.15) is 20.3 Å². The number of anilines is 1. The third-order valence-corrected chi connectivity index (χ3v) is 3.62. The van der Waals surface area contributed by atoms with E-state index < -0.39 is 17.1 Å². The third-order valence-electron chi connectivity index (χ3n) is 3.17. The van der Waals surface area contributed by atoms with Crippen molar-refractivity contribution in [2.75, 3.05) is 12.4 Å². The lowest BCUT2D eigenvalue weighted by atomic mass is 9.86. The van der Waals surface area contributed by atoms with Crippen LogP contribution in [0.3, 0.4) is 0 Å². The maximum absolute atomic E-state index is 13.6. The van der Waals surface area contributed by atoms with Crippen LogP contribution >= 0.6 is 12.2 Å². The van der Waals surface area contributed by atoms with Gasteiger partial charge in [-0.3, -0.25) is 4.79 Å². The smallest absolute Gasteiger partial charge is 0.237 e. The predicted molar refractivity (Wildman–Crippen MR) is 76.8 cm³/mol. The molecule has 1 aromatic rings. The lowest BCUT2D eigenvalue weighted by Crippen LogP contribution is -2.43. The van der Waals surface area contributed by atoms with Gasteiger partial charge >= 0.3 is 0 Å². The molecule has 104 valence electrons. The zero-order chi connectivity index (χ0) is 14.6. The first-order valence-electron chi connectivity index (χ1n) is 5.80. The summed E-state index contributed by atoms with van der Waals surface area (Å²) >= 11 is 4.90. The van der Waals surface area contributed by atoms with Crippen molar-refractivity contribution in [1.82, 2.24) is 0 Å². The molecule has 1 aromatic carbocycles. The largest absolute Gasteiger partial charge is 0.497 e. The SMILES string of the molecule is CCC(C)(C(=O)Nc1cc(OC)ccc1F)C(N)=S. The van der Waals surface area contributed by atoms with Crippen LogP contribution in [0.5, 0.6) is 5.75 Å². The van der Waals surface area contributed by atoms with Crippen LogP contribution in [-0.2, 0) is 4.79 Å². The number of thiocarbonyl (C=S) groups is 1. The standard InChI is InChI=1S/C13H17FN2O2S/c1-4-13(2,11(15)19)12(17)16-10-7-8(18-3)5-6-9(10)14/h5-7H,4H2,1-3H3,(H2,15,19)(H,16,17). The minimum absolute atomic E-state index is 0.0419. The second-order valence-electron chi connectivity index (χ2n) is 4.35. The summed E-state index contributed by atoms with van der Waals surface area (Å²) in [5, 5.41) is 2.50. The van der Waals surface area contributed by atoms with E-state index in [1.807, 2.05) is 0 Å². The van der Waals surface area contributed by atoms with E-state index in [0.29, 0.717) is 12.2 Å². The number of halogens is 1. The van der Waals surface area contributed by atoms with Crippen molar-refractivity contribution in [1.29, 1.82) is 0 Å². The normalized spacial score (nSPS) is 13.5. The molecular formula is C13H17FN2O2S. The Balaban J connectivity index is 3.02.